The highest BCUT2D eigenvalue weighted by atomic mass is 32.2. The molecule has 2 aliphatic heterocycles. The average molecular weight is 522 g/mol. The first-order valence-electron chi connectivity index (χ1n) is 12.7. The quantitative estimate of drug-likeness (QED) is 0.575. The van der Waals surface area contributed by atoms with Crippen LogP contribution in [0.3, 0.4) is 0 Å². The molecule has 5 rings (SSSR count). The van der Waals surface area contributed by atoms with Crippen LogP contribution in [0.5, 0.6) is 0 Å². The predicted octanol–water partition coefficient (Wildman–Crippen LogP) is 3.04. The van der Waals surface area contributed by atoms with Crippen molar-refractivity contribution in [1.29, 1.82) is 0 Å². The van der Waals surface area contributed by atoms with Gasteiger partial charge in [-0.25, -0.2) is 8.78 Å². The Morgan fingerprint density at radius 3 is 2.56 bits per heavy atom. The third-order valence-corrected chi connectivity index (χ3v) is 9.18. The van der Waals surface area contributed by atoms with Crippen LogP contribution in [0.1, 0.15) is 43.6 Å². The lowest BCUT2D eigenvalue weighted by Gasteiger charge is -2.41. The summed E-state index contributed by atoms with van der Waals surface area (Å²) in [6, 6.07) is 10.2. The lowest BCUT2D eigenvalue weighted by atomic mass is 9.82. The number of aromatic nitrogens is 2. The van der Waals surface area contributed by atoms with Gasteiger partial charge in [-0.15, -0.1) is 5.10 Å². The molecular formula is C25H33F2N5O3S. The number of nitrogens with zero attached hydrogens (tertiary/aromatic N) is 4. The number of nitrogens with one attached hydrogen (secondary N) is 1. The molecule has 11 heteroatoms. The minimum atomic E-state index is -3.75. The molecule has 2 saturated heterocycles. The summed E-state index contributed by atoms with van der Waals surface area (Å²) in [7, 11) is -3.75. The van der Waals surface area contributed by atoms with Gasteiger partial charge in [0, 0.05) is 44.3 Å². The zero-order valence-electron chi connectivity index (χ0n) is 20.2. The molecule has 1 aromatic carbocycles. The van der Waals surface area contributed by atoms with Crippen molar-refractivity contribution in [2.45, 2.75) is 56.3 Å². The zero-order valence-corrected chi connectivity index (χ0v) is 21.0. The van der Waals surface area contributed by atoms with Crippen molar-refractivity contribution in [3.05, 3.63) is 54.0 Å². The van der Waals surface area contributed by atoms with Gasteiger partial charge in [0.25, 0.3) is 10.2 Å². The van der Waals surface area contributed by atoms with E-state index in [-0.39, 0.29) is 37.0 Å². The standard InChI is InChI=1S/C25H33F2N5O3S/c26-21-4-1-3-19(13-21)18-6-8-23(9-7-18)35-17-20-14-31(25-5-2-11-28-29-25)12-10-24(20)30-36(33,34)32-15-22(27)16-32/h1-5,11,13,18,20,22-24,30H,6-10,12,14-17H2/t18?,20?,23?,24-/m0/s1. The minimum Gasteiger partial charge on any atom is -0.378 e. The molecule has 0 radical (unpaired) electrons. The summed E-state index contributed by atoms with van der Waals surface area (Å²) in [5, 5.41) is 8.18. The van der Waals surface area contributed by atoms with Gasteiger partial charge in [-0.1, -0.05) is 12.1 Å². The summed E-state index contributed by atoms with van der Waals surface area (Å²) in [4.78, 5) is 2.11. The molecule has 1 N–H and O–H groups in total. The van der Waals surface area contributed by atoms with Crippen molar-refractivity contribution >= 4 is 16.0 Å². The Labute approximate surface area is 211 Å². The number of anilines is 1. The largest absolute Gasteiger partial charge is 0.378 e. The molecule has 3 fully saturated rings. The van der Waals surface area contributed by atoms with Crippen LogP contribution in [0, 0.1) is 11.7 Å². The van der Waals surface area contributed by atoms with Gasteiger partial charge in [0.2, 0.25) is 0 Å². The lowest BCUT2D eigenvalue weighted by molar-refractivity contribution is -0.00239. The fourth-order valence-electron chi connectivity index (χ4n) is 5.46. The SMILES string of the molecule is O=S(=O)(N[C@H]1CCN(c2cccnn2)CC1COC1CCC(c2cccc(F)c2)CC1)N1CC(F)C1. The molecular weight excluding hydrogens is 488 g/mol. The Morgan fingerprint density at radius 1 is 1.06 bits per heavy atom. The van der Waals surface area contributed by atoms with Crippen molar-refractivity contribution in [2.75, 3.05) is 37.7 Å². The molecule has 1 aliphatic carbocycles. The van der Waals surface area contributed by atoms with Gasteiger partial charge in [-0.3, -0.25) is 0 Å². The molecule has 2 atom stereocenters. The van der Waals surface area contributed by atoms with E-state index >= 15 is 0 Å². The zero-order chi connectivity index (χ0) is 25.1. The number of benzene rings is 1. The second-order valence-electron chi connectivity index (χ2n) is 10.1. The molecule has 1 saturated carbocycles. The number of piperidine rings is 1. The van der Waals surface area contributed by atoms with Crippen LogP contribution in [0.4, 0.5) is 14.6 Å². The van der Waals surface area contributed by atoms with Crippen LogP contribution >= 0.6 is 0 Å². The van der Waals surface area contributed by atoms with Gasteiger partial charge in [0.05, 0.1) is 12.7 Å². The van der Waals surface area contributed by atoms with Crippen LogP contribution in [0.15, 0.2) is 42.6 Å². The Kier molecular flexibility index (Phi) is 7.80. The topological polar surface area (TPSA) is 87.7 Å². The number of halogens is 2. The summed E-state index contributed by atoms with van der Waals surface area (Å²) in [6.45, 7) is 1.43. The number of rotatable bonds is 8. The first-order valence-corrected chi connectivity index (χ1v) is 14.1. The molecule has 36 heavy (non-hydrogen) atoms. The number of ether oxygens (including phenoxy) is 1. The van der Waals surface area contributed by atoms with Gasteiger partial charge in [0.1, 0.15) is 12.0 Å². The van der Waals surface area contributed by atoms with E-state index in [0.29, 0.717) is 32.0 Å². The highest BCUT2D eigenvalue weighted by Crippen LogP contribution is 2.35. The van der Waals surface area contributed by atoms with E-state index in [1.165, 1.54) is 6.07 Å². The lowest BCUT2D eigenvalue weighted by Crippen LogP contribution is -2.60. The van der Waals surface area contributed by atoms with E-state index in [9.17, 15) is 17.2 Å². The van der Waals surface area contributed by atoms with Crippen LogP contribution < -0.4 is 9.62 Å². The van der Waals surface area contributed by atoms with Gasteiger partial charge < -0.3 is 9.64 Å². The molecule has 1 unspecified atom stereocenters. The minimum absolute atomic E-state index is 0.0848. The Morgan fingerprint density at radius 2 is 1.86 bits per heavy atom. The molecule has 0 amide bonds. The third-order valence-electron chi connectivity index (χ3n) is 7.60. The van der Waals surface area contributed by atoms with E-state index in [0.717, 1.165) is 41.4 Å². The fraction of sp³-hybridized carbons (Fsp3) is 0.600. The Balaban J connectivity index is 1.20. The summed E-state index contributed by atoms with van der Waals surface area (Å²) in [6.07, 6.45) is 4.82. The molecule has 3 heterocycles. The highest BCUT2D eigenvalue weighted by molar-refractivity contribution is 7.87. The molecule has 3 aliphatic rings. The van der Waals surface area contributed by atoms with Crippen molar-refractivity contribution < 1.29 is 21.9 Å². The third kappa shape index (κ3) is 6.01. The first kappa shape index (κ1) is 25.4. The van der Waals surface area contributed by atoms with Crippen molar-refractivity contribution in [3.63, 3.8) is 0 Å². The average Bonchev–Trinajstić information content (AvgIpc) is 2.87. The number of hydrogen-bond acceptors (Lipinski definition) is 6. The second-order valence-corrected chi connectivity index (χ2v) is 11.8. The van der Waals surface area contributed by atoms with Crippen LogP contribution in [-0.2, 0) is 14.9 Å². The second kappa shape index (κ2) is 11.0. The summed E-state index contributed by atoms with van der Waals surface area (Å²) in [5.41, 5.74) is 1.04. The van der Waals surface area contributed by atoms with Crippen molar-refractivity contribution in [1.82, 2.24) is 19.2 Å². The maximum Gasteiger partial charge on any atom is 0.279 e. The maximum atomic E-state index is 13.6. The van der Waals surface area contributed by atoms with E-state index in [1.54, 1.807) is 18.3 Å². The van der Waals surface area contributed by atoms with E-state index < -0.39 is 16.4 Å². The van der Waals surface area contributed by atoms with Crippen molar-refractivity contribution in [2.24, 2.45) is 5.92 Å². The van der Waals surface area contributed by atoms with Gasteiger partial charge in [-0.05, 0) is 67.9 Å². The molecule has 2 aromatic rings. The Bertz CT molecular complexity index is 1110. The number of hydrogen-bond donors (Lipinski definition) is 1. The fourth-order valence-corrected chi connectivity index (χ4v) is 7.02. The summed E-state index contributed by atoms with van der Waals surface area (Å²) in [5.74, 6) is 0.781. The Hall–Kier alpha value is -2.21. The molecule has 0 bridgehead atoms. The van der Waals surface area contributed by atoms with Gasteiger partial charge in [-0.2, -0.15) is 22.5 Å². The molecule has 196 valence electrons. The van der Waals surface area contributed by atoms with Gasteiger partial charge >= 0.3 is 0 Å². The van der Waals surface area contributed by atoms with E-state index in [4.69, 9.17) is 4.74 Å². The van der Waals surface area contributed by atoms with Crippen LogP contribution in [0.25, 0.3) is 0 Å². The van der Waals surface area contributed by atoms with Crippen molar-refractivity contribution in [3.8, 4) is 0 Å². The first-order chi connectivity index (χ1) is 17.4. The van der Waals surface area contributed by atoms with E-state index in [2.05, 4.69) is 19.8 Å². The molecule has 0 spiro atoms. The highest BCUT2D eigenvalue weighted by Gasteiger charge is 2.40. The summed E-state index contributed by atoms with van der Waals surface area (Å²) < 4.78 is 62.7. The number of alkyl halides is 1. The molecule has 8 nitrogen and oxygen atoms in total. The smallest absolute Gasteiger partial charge is 0.279 e. The van der Waals surface area contributed by atoms with Crippen LogP contribution in [0.2, 0.25) is 0 Å². The van der Waals surface area contributed by atoms with Crippen LogP contribution in [-0.4, -0.2) is 74.0 Å². The van der Waals surface area contributed by atoms with E-state index in [1.807, 2.05) is 18.2 Å². The molecule has 1 aromatic heterocycles. The summed E-state index contributed by atoms with van der Waals surface area (Å²) >= 11 is 0. The van der Waals surface area contributed by atoms with Gasteiger partial charge in [0.15, 0.2) is 5.82 Å². The monoisotopic (exact) mass is 521 g/mol. The normalized spacial score (nSPS) is 28.1. The predicted molar refractivity (Wildman–Crippen MR) is 132 cm³/mol. The maximum absolute atomic E-state index is 13.6.